The van der Waals surface area contributed by atoms with Crippen molar-refractivity contribution in [1.29, 1.82) is 0 Å². The number of aliphatic carboxylic acids is 2. The Morgan fingerprint density at radius 3 is 1.87 bits per heavy atom. The van der Waals surface area contributed by atoms with E-state index in [-0.39, 0.29) is 19.4 Å². The summed E-state index contributed by atoms with van der Waals surface area (Å²) in [6.07, 6.45) is 12.8. The van der Waals surface area contributed by atoms with E-state index in [2.05, 4.69) is 28.2 Å². The molecule has 1 aromatic rings. The van der Waals surface area contributed by atoms with Gasteiger partial charge in [0.2, 0.25) is 29.5 Å². The third kappa shape index (κ3) is 16.2. The first-order valence-corrected chi connectivity index (χ1v) is 18.8. The van der Waals surface area contributed by atoms with Crippen molar-refractivity contribution in [2.45, 2.75) is 154 Å². The number of carboxylic acid groups (broad SMARTS) is 2. The van der Waals surface area contributed by atoms with Gasteiger partial charge < -0.3 is 36.4 Å². The Morgan fingerprint density at radius 1 is 0.712 bits per heavy atom. The number of likely N-dealkylation sites (tertiary alicyclic amines) is 1. The summed E-state index contributed by atoms with van der Waals surface area (Å²) >= 11 is 0. The van der Waals surface area contributed by atoms with Crippen LogP contribution in [-0.4, -0.2) is 93.3 Å². The summed E-state index contributed by atoms with van der Waals surface area (Å²) in [5.74, 6) is -5.69. The molecule has 1 saturated heterocycles. The number of benzene rings is 1. The molecule has 0 aromatic heterocycles. The fourth-order valence-corrected chi connectivity index (χ4v) is 6.24. The molecular weight excluding hydrogens is 670 g/mol. The lowest BCUT2D eigenvalue weighted by Gasteiger charge is -2.28. The van der Waals surface area contributed by atoms with Gasteiger partial charge in [0.05, 0.1) is 6.42 Å². The Labute approximate surface area is 307 Å². The molecule has 0 spiro atoms. The van der Waals surface area contributed by atoms with Crippen LogP contribution in [0.4, 0.5) is 0 Å². The van der Waals surface area contributed by atoms with Gasteiger partial charge in [-0.25, -0.2) is 9.59 Å². The summed E-state index contributed by atoms with van der Waals surface area (Å²) < 4.78 is 0. The highest BCUT2D eigenvalue weighted by Crippen LogP contribution is 2.19. The largest absolute Gasteiger partial charge is 0.480 e. The Hall–Kier alpha value is -4.49. The zero-order chi connectivity index (χ0) is 38.5. The molecule has 0 aliphatic carbocycles. The topological polar surface area (TPSA) is 211 Å². The molecule has 2 rings (SSSR count). The number of nitrogens with one attached hydrogen (secondary N) is 4. The van der Waals surface area contributed by atoms with Crippen molar-refractivity contribution >= 4 is 41.5 Å². The molecule has 1 heterocycles. The highest BCUT2D eigenvalue weighted by molar-refractivity contribution is 5.95. The predicted octanol–water partition coefficient (Wildman–Crippen LogP) is 3.46. The first-order valence-electron chi connectivity index (χ1n) is 18.8. The number of rotatable bonds is 25. The molecule has 1 fully saturated rings. The number of hydrogen-bond donors (Lipinski definition) is 6. The van der Waals surface area contributed by atoms with Crippen LogP contribution in [0.2, 0.25) is 0 Å². The quantitative estimate of drug-likeness (QED) is 0.0813. The average molecular weight is 730 g/mol. The van der Waals surface area contributed by atoms with Gasteiger partial charge in [-0.05, 0) is 38.7 Å². The van der Waals surface area contributed by atoms with Crippen LogP contribution in [0.5, 0.6) is 0 Å². The molecule has 5 atom stereocenters. The third-order valence-electron chi connectivity index (χ3n) is 9.27. The predicted molar refractivity (Wildman–Crippen MR) is 195 cm³/mol. The maximum absolute atomic E-state index is 13.3. The summed E-state index contributed by atoms with van der Waals surface area (Å²) in [7, 11) is 0. The molecule has 1 aliphatic rings. The van der Waals surface area contributed by atoms with Crippen molar-refractivity contribution in [3.05, 3.63) is 35.9 Å². The van der Waals surface area contributed by atoms with Crippen LogP contribution in [0.25, 0.3) is 0 Å². The van der Waals surface area contributed by atoms with Crippen molar-refractivity contribution in [2.75, 3.05) is 6.54 Å². The van der Waals surface area contributed by atoms with Gasteiger partial charge in [-0.1, -0.05) is 101 Å². The maximum atomic E-state index is 13.3. The molecule has 1 aliphatic heterocycles. The smallest absolute Gasteiger partial charge is 0.326 e. The summed E-state index contributed by atoms with van der Waals surface area (Å²) in [5.41, 5.74) is 0.727. The van der Waals surface area contributed by atoms with Gasteiger partial charge in [-0.15, -0.1) is 0 Å². The zero-order valence-electron chi connectivity index (χ0n) is 31.0. The highest BCUT2D eigenvalue weighted by atomic mass is 16.4. The minimum Gasteiger partial charge on any atom is -0.480 e. The van der Waals surface area contributed by atoms with Crippen molar-refractivity contribution < 1.29 is 43.8 Å². The normalized spacial score (nSPS) is 16.2. The Balaban J connectivity index is 1.76. The number of carboxylic acids is 2. The van der Waals surface area contributed by atoms with Gasteiger partial charge in [-0.2, -0.15) is 0 Å². The number of hydrogen-bond acceptors (Lipinski definition) is 7. The third-order valence-corrected chi connectivity index (χ3v) is 9.27. The highest BCUT2D eigenvalue weighted by Gasteiger charge is 2.38. The van der Waals surface area contributed by atoms with E-state index in [1.54, 1.807) is 30.3 Å². The molecule has 14 heteroatoms. The van der Waals surface area contributed by atoms with Crippen molar-refractivity contribution in [1.82, 2.24) is 26.2 Å². The zero-order valence-corrected chi connectivity index (χ0v) is 31.0. The molecule has 5 amide bonds. The average Bonchev–Trinajstić information content (AvgIpc) is 3.60. The summed E-state index contributed by atoms with van der Waals surface area (Å²) in [6.45, 7) is 5.24. The Kier molecular flexibility index (Phi) is 20.1. The van der Waals surface area contributed by atoms with E-state index in [0.29, 0.717) is 19.3 Å². The van der Waals surface area contributed by atoms with Crippen LogP contribution in [0, 0.1) is 0 Å². The minimum absolute atomic E-state index is 0.0671. The van der Waals surface area contributed by atoms with Gasteiger partial charge in [-0.3, -0.25) is 24.0 Å². The molecule has 14 nitrogen and oxygen atoms in total. The standard InChI is InChI=1S/C38H59N5O9/c1-4-5-6-7-8-9-10-11-12-13-17-22-32(44)41-30(38(51)52)25-33(45)39-26(2)34(46)40-27(3)36(48)43-23-18-21-31(43)35(47)42-29(37(49)50)24-28-19-15-14-16-20-28/h14-16,19-20,26-27,29-31H,4-13,17-18,21-25H2,1-3H3,(H,39,45)(H,40,46)(H,41,44)(H,42,47)(H,49,50)(H,51,52)/t26-,27-,29-,30-,31-/m0/s1. The number of carbonyl (C=O) groups excluding carboxylic acids is 5. The van der Waals surface area contributed by atoms with Crippen LogP contribution in [0.3, 0.4) is 0 Å². The summed E-state index contributed by atoms with van der Waals surface area (Å²) in [4.78, 5) is 89.3. The van der Waals surface area contributed by atoms with Gasteiger partial charge in [0, 0.05) is 19.4 Å². The van der Waals surface area contributed by atoms with E-state index >= 15 is 0 Å². The maximum Gasteiger partial charge on any atom is 0.326 e. The van der Waals surface area contributed by atoms with Gasteiger partial charge in [0.25, 0.3) is 0 Å². The van der Waals surface area contributed by atoms with E-state index < -0.39 is 78.1 Å². The lowest BCUT2D eigenvalue weighted by molar-refractivity contribution is -0.145. The van der Waals surface area contributed by atoms with E-state index in [1.165, 1.54) is 63.7 Å². The molecule has 0 saturated carbocycles. The number of unbranched alkanes of at least 4 members (excludes halogenated alkanes) is 10. The molecule has 6 N–H and O–H groups in total. The molecule has 290 valence electrons. The first kappa shape index (κ1) is 43.7. The SMILES string of the molecule is CCCCCCCCCCCCCC(=O)N[C@@H](CC(=O)N[C@@H](C)C(=O)N[C@@H](C)C(=O)N1CCC[C@H]1C(=O)N[C@@H](Cc1ccccc1)C(=O)O)C(=O)O. The van der Waals surface area contributed by atoms with Gasteiger partial charge in [0.15, 0.2) is 0 Å². The number of carbonyl (C=O) groups is 7. The van der Waals surface area contributed by atoms with Crippen LogP contribution in [0.15, 0.2) is 30.3 Å². The van der Waals surface area contributed by atoms with Crippen LogP contribution >= 0.6 is 0 Å². The first-order chi connectivity index (χ1) is 24.8. The van der Waals surface area contributed by atoms with E-state index in [0.717, 1.165) is 24.8 Å². The van der Waals surface area contributed by atoms with Gasteiger partial charge >= 0.3 is 11.9 Å². The molecule has 52 heavy (non-hydrogen) atoms. The molecule has 1 aromatic carbocycles. The second-order valence-electron chi connectivity index (χ2n) is 13.7. The minimum atomic E-state index is -1.47. The number of nitrogens with zero attached hydrogens (tertiary/aromatic N) is 1. The second-order valence-corrected chi connectivity index (χ2v) is 13.7. The van der Waals surface area contributed by atoms with E-state index in [9.17, 15) is 43.8 Å². The van der Waals surface area contributed by atoms with Crippen molar-refractivity contribution in [3.63, 3.8) is 0 Å². The van der Waals surface area contributed by atoms with E-state index in [1.807, 2.05) is 0 Å². The van der Waals surface area contributed by atoms with Crippen LogP contribution in [-0.2, 0) is 40.0 Å². The summed E-state index contributed by atoms with van der Waals surface area (Å²) in [5, 5.41) is 29.1. The molecule has 0 unspecified atom stereocenters. The lowest BCUT2D eigenvalue weighted by atomic mass is 10.1. The van der Waals surface area contributed by atoms with Crippen molar-refractivity contribution in [3.8, 4) is 0 Å². The number of amides is 5. The monoisotopic (exact) mass is 729 g/mol. The fraction of sp³-hybridized carbons (Fsp3) is 0.658. The van der Waals surface area contributed by atoms with Crippen molar-refractivity contribution in [2.24, 2.45) is 0 Å². The van der Waals surface area contributed by atoms with E-state index in [4.69, 9.17) is 0 Å². The van der Waals surface area contributed by atoms with Crippen LogP contribution in [0.1, 0.15) is 123 Å². The van der Waals surface area contributed by atoms with Gasteiger partial charge in [0.1, 0.15) is 30.2 Å². The Morgan fingerprint density at radius 2 is 1.29 bits per heavy atom. The molecule has 0 bridgehead atoms. The summed E-state index contributed by atoms with van der Waals surface area (Å²) in [6, 6.07) is 3.03. The fourth-order valence-electron chi connectivity index (χ4n) is 6.24. The molecule has 0 radical (unpaired) electrons. The van der Waals surface area contributed by atoms with Crippen LogP contribution < -0.4 is 21.3 Å². The second kappa shape index (κ2) is 23.9. The Bertz CT molecular complexity index is 1320. The lowest BCUT2D eigenvalue weighted by Crippen LogP contribution is -2.56. The molecular formula is C38H59N5O9.